The SMILES string of the molecule is CC[C@@H]1c2cc(OC)c(OC)cc2C(=O)N1c1cccc(-c2ncccn2)n1. The van der Waals surface area contributed by atoms with Crippen molar-refractivity contribution in [1.29, 1.82) is 0 Å². The van der Waals surface area contributed by atoms with Gasteiger partial charge in [-0.2, -0.15) is 0 Å². The fraction of sp³-hybridized carbons (Fsp3) is 0.238. The van der Waals surface area contributed by atoms with Gasteiger partial charge in [-0.15, -0.1) is 0 Å². The van der Waals surface area contributed by atoms with Gasteiger partial charge in [0.25, 0.3) is 5.91 Å². The number of rotatable bonds is 5. The predicted octanol–water partition coefficient (Wildman–Crippen LogP) is 3.67. The topological polar surface area (TPSA) is 77.4 Å². The van der Waals surface area contributed by atoms with Gasteiger partial charge in [0, 0.05) is 18.0 Å². The zero-order valence-corrected chi connectivity index (χ0v) is 15.9. The summed E-state index contributed by atoms with van der Waals surface area (Å²) in [5.74, 6) is 2.11. The van der Waals surface area contributed by atoms with Crippen molar-refractivity contribution in [2.24, 2.45) is 0 Å². The van der Waals surface area contributed by atoms with E-state index in [1.807, 2.05) is 31.2 Å². The molecule has 7 heteroatoms. The quantitative estimate of drug-likeness (QED) is 0.676. The number of carbonyl (C=O) groups excluding carboxylic acids is 1. The lowest BCUT2D eigenvalue weighted by Crippen LogP contribution is -2.28. The Morgan fingerprint density at radius 3 is 2.43 bits per heavy atom. The van der Waals surface area contributed by atoms with E-state index in [4.69, 9.17) is 9.47 Å². The molecule has 1 atom stereocenters. The Balaban J connectivity index is 1.79. The number of nitrogens with zero attached hydrogens (tertiary/aromatic N) is 4. The average Bonchev–Trinajstić information content (AvgIpc) is 3.04. The predicted molar refractivity (Wildman–Crippen MR) is 105 cm³/mol. The molecule has 1 amide bonds. The minimum Gasteiger partial charge on any atom is -0.493 e. The van der Waals surface area contributed by atoms with Crippen LogP contribution in [0.2, 0.25) is 0 Å². The number of methoxy groups -OCH3 is 2. The molecule has 1 aliphatic rings. The number of fused-ring (bicyclic) bond motifs is 1. The number of amides is 1. The lowest BCUT2D eigenvalue weighted by molar-refractivity contribution is 0.0989. The first-order valence-corrected chi connectivity index (χ1v) is 9.01. The van der Waals surface area contributed by atoms with Crippen LogP contribution in [0.5, 0.6) is 11.5 Å². The molecule has 0 unspecified atom stereocenters. The second-order valence-corrected chi connectivity index (χ2v) is 6.35. The molecule has 0 bridgehead atoms. The molecule has 0 saturated heterocycles. The van der Waals surface area contributed by atoms with Crippen LogP contribution in [0.15, 0.2) is 48.8 Å². The van der Waals surface area contributed by atoms with Crippen LogP contribution in [0.25, 0.3) is 11.5 Å². The fourth-order valence-corrected chi connectivity index (χ4v) is 3.55. The molecule has 0 N–H and O–H groups in total. The van der Waals surface area contributed by atoms with Crippen molar-refractivity contribution >= 4 is 11.7 Å². The first-order valence-electron chi connectivity index (χ1n) is 9.01. The summed E-state index contributed by atoms with van der Waals surface area (Å²) in [4.78, 5) is 28.1. The molecule has 0 fully saturated rings. The average molecular weight is 376 g/mol. The lowest BCUT2D eigenvalue weighted by Gasteiger charge is -2.23. The van der Waals surface area contributed by atoms with E-state index >= 15 is 0 Å². The number of pyridine rings is 1. The van der Waals surface area contributed by atoms with Gasteiger partial charge in [0.1, 0.15) is 11.5 Å². The molecule has 4 rings (SSSR count). The normalized spacial score (nSPS) is 15.5. The molecule has 1 aromatic carbocycles. The summed E-state index contributed by atoms with van der Waals surface area (Å²) in [5.41, 5.74) is 2.13. The summed E-state index contributed by atoms with van der Waals surface area (Å²) in [6.07, 6.45) is 4.07. The summed E-state index contributed by atoms with van der Waals surface area (Å²) in [6.45, 7) is 2.04. The van der Waals surface area contributed by atoms with Gasteiger partial charge in [-0.3, -0.25) is 9.69 Å². The molecule has 0 saturated carbocycles. The van der Waals surface area contributed by atoms with Crippen LogP contribution in [0.4, 0.5) is 5.82 Å². The Morgan fingerprint density at radius 2 is 1.75 bits per heavy atom. The third-order valence-electron chi connectivity index (χ3n) is 4.84. The largest absolute Gasteiger partial charge is 0.493 e. The standard InChI is InChI=1S/C21H20N4O3/c1-4-16-13-11-17(27-2)18(28-3)12-14(13)21(26)25(16)19-8-5-7-15(24-19)20-22-9-6-10-23-20/h5-12,16H,4H2,1-3H3/t16-/m1/s1. The molecule has 2 aromatic heterocycles. The van der Waals surface area contributed by atoms with Crippen LogP contribution in [0, 0.1) is 0 Å². The molecule has 0 radical (unpaired) electrons. The number of ether oxygens (including phenoxy) is 2. The minimum absolute atomic E-state index is 0.110. The van der Waals surface area contributed by atoms with Crippen molar-refractivity contribution in [3.8, 4) is 23.0 Å². The van der Waals surface area contributed by atoms with Gasteiger partial charge in [0.15, 0.2) is 17.3 Å². The summed E-state index contributed by atoms with van der Waals surface area (Å²) in [7, 11) is 3.15. The van der Waals surface area contributed by atoms with Crippen molar-refractivity contribution in [3.05, 3.63) is 59.9 Å². The summed E-state index contributed by atoms with van der Waals surface area (Å²) in [5, 5.41) is 0. The van der Waals surface area contributed by atoms with Gasteiger partial charge in [-0.05, 0) is 42.3 Å². The third kappa shape index (κ3) is 2.85. The van der Waals surface area contributed by atoms with Crippen molar-refractivity contribution in [2.45, 2.75) is 19.4 Å². The first kappa shape index (κ1) is 17.9. The van der Waals surface area contributed by atoms with E-state index in [1.165, 1.54) is 0 Å². The van der Waals surface area contributed by atoms with Gasteiger partial charge in [0.05, 0.1) is 20.3 Å². The summed E-state index contributed by atoms with van der Waals surface area (Å²) < 4.78 is 10.8. The maximum Gasteiger partial charge on any atom is 0.260 e. The summed E-state index contributed by atoms with van der Waals surface area (Å²) >= 11 is 0. The van der Waals surface area contributed by atoms with Crippen molar-refractivity contribution in [2.75, 3.05) is 19.1 Å². The van der Waals surface area contributed by atoms with Crippen molar-refractivity contribution in [1.82, 2.24) is 15.0 Å². The molecule has 1 aliphatic heterocycles. The van der Waals surface area contributed by atoms with Gasteiger partial charge in [-0.25, -0.2) is 15.0 Å². The Kier molecular flexibility index (Phi) is 4.65. The number of hydrogen-bond donors (Lipinski definition) is 0. The maximum atomic E-state index is 13.2. The molecular formula is C21H20N4O3. The highest BCUT2D eigenvalue weighted by molar-refractivity contribution is 6.11. The van der Waals surface area contributed by atoms with Gasteiger partial charge < -0.3 is 9.47 Å². The second-order valence-electron chi connectivity index (χ2n) is 6.35. The highest BCUT2D eigenvalue weighted by Gasteiger charge is 2.38. The number of hydrogen-bond acceptors (Lipinski definition) is 6. The van der Waals surface area contributed by atoms with Crippen LogP contribution in [0.1, 0.15) is 35.3 Å². The molecule has 3 heterocycles. The Labute approximate surface area is 163 Å². The zero-order valence-electron chi connectivity index (χ0n) is 15.9. The smallest absolute Gasteiger partial charge is 0.260 e. The summed E-state index contributed by atoms with van der Waals surface area (Å²) in [6, 6.07) is 10.8. The minimum atomic E-state index is -0.137. The third-order valence-corrected chi connectivity index (χ3v) is 4.84. The molecule has 142 valence electrons. The molecular weight excluding hydrogens is 356 g/mol. The monoisotopic (exact) mass is 376 g/mol. The zero-order chi connectivity index (χ0) is 19.7. The van der Waals surface area contributed by atoms with Crippen molar-refractivity contribution < 1.29 is 14.3 Å². The van der Waals surface area contributed by atoms with E-state index in [0.717, 1.165) is 12.0 Å². The van der Waals surface area contributed by atoms with E-state index in [-0.39, 0.29) is 11.9 Å². The maximum absolute atomic E-state index is 13.2. The van der Waals surface area contributed by atoms with Crippen LogP contribution in [0.3, 0.4) is 0 Å². The Hall–Kier alpha value is -3.48. The molecule has 7 nitrogen and oxygen atoms in total. The molecule has 28 heavy (non-hydrogen) atoms. The number of anilines is 1. The van der Waals surface area contributed by atoms with Crippen molar-refractivity contribution in [3.63, 3.8) is 0 Å². The van der Waals surface area contributed by atoms with E-state index < -0.39 is 0 Å². The van der Waals surface area contributed by atoms with E-state index in [9.17, 15) is 4.79 Å². The van der Waals surface area contributed by atoms with E-state index in [0.29, 0.717) is 34.4 Å². The van der Waals surface area contributed by atoms with E-state index in [1.54, 1.807) is 43.6 Å². The van der Waals surface area contributed by atoms with Gasteiger partial charge in [0.2, 0.25) is 0 Å². The van der Waals surface area contributed by atoms with Crippen LogP contribution in [-0.4, -0.2) is 35.1 Å². The Bertz CT molecular complexity index is 1020. The Morgan fingerprint density at radius 1 is 1.04 bits per heavy atom. The van der Waals surface area contributed by atoms with E-state index in [2.05, 4.69) is 15.0 Å². The molecule has 0 aliphatic carbocycles. The number of aromatic nitrogens is 3. The first-order chi connectivity index (χ1) is 13.7. The highest BCUT2D eigenvalue weighted by atomic mass is 16.5. The van der Waals surface area contributed by atoms with Crippen LogP contribution >= 0.6 is 0 Å². The number of benzene rings is 1. The van der Waals surface area contributed by atoms with Gasteiger partial charge >= 0.3 is 0 Å². The second kappa shape index (κ2) is 7.26. The number of carbonyl (C=O) groups is 1. The lowest BCUT2D eigenvalue weighted by atomic mass is 10.0. The van der Waals surface area contributed by atoms with Crippen LogP contribution in [-0.2, 0) is 0 Å². The highest BCUT2D eigenvalue weighted by Crippen LogP contribution is 2.43. The van der Waals surface area contributed by atoms with Crippen LogP contribution < -0.4 is 14.4 Å². The fourth-order valence-electron chi connectivity index (χ4n) is 3.55. The molecule has 3 aromatic rings. The molecule has 0 spiro atoms. The van der Waals surface area contributed by atoms with Gasteiger partial charge in [-0.1, -0.05) is 13.0 Å².